The maximum Gasteiger partial charge on any atom is 0.162 e. The third-order valence-electron chi connectivity index (χ3n) is 3.59. The SMILES string of the molecule is CCOC(CC)(CC)c1nc(N)c(C)c(CC)n1. The molecule has 1 aromatic rings. The van der Waals surface area contributed by atoms with Crippen LogP contribution < -0.4 is 5.73 Å². The van der Waals surface area contributed by atoms with Gasteiger partial charge in [-0.15, -0.1) is 0 Å². The van der Waals surface area contributed by atoms with E-state index in [1.807, 2.05) is 13.8 Å². The summed E-state index contributed by atoms with van der Waals surface area (Å²) in [6, 6.07) is 0. The minimum absolute atomic E-state index is 0.402. The van der Waals surface area contributed by atoms with Crippen LogP contribution >= 0.6 is 0 Å². The predicted octanol–water partition coefficient (Wildman–Crippen LogP) is 2.98. The number of aromatic nitrogens is 2. The fraction of sp³-hybridized carbons (Fsp3) is 0.714. The molecule has 0 amide bonds. The third kappa shape index (κ3) is 2.64. The first-order valence-electron chi connectivity index (χ1n) is 6.81. The van der Waals surface area contributed by atoms with Crippen LogP contribution in [0.15, 0.2) is 0 Å². The molecule has 0 aliphatic carbocycles. The summed E-state index contributed by atoms with van der Waals surface area (Å²) in [6.45, 7) is 10.9. The summed E-state index contributed by atoms with van der Waals surface area (Å²) in [5.41, 5.74) is 7.59. The van der Waals surface area contributed by atoms with E-state index < -0.39 is 5.60 Å². The van der Waals surface area contributed by atoms with Crippen molar-refractivity contribution in [3.63, 3.8) is 0 Å². The first-order chi connectivity index (χ1) is 8.54. The summed E-state index contributed by atoms with van der Waals surface area (Å²) in [4.78, 5) is 9.12. The van der Waals surface area contributed by atoms with Gasteiger partial charge < -0.3 is 10.5 Å². The van der Waals surface area contributed by atoms with Gasteiger partial charge in [-0.25, -0.2) is 9.97 Å². The molecule has 0 saturated heterocycles. The standard InChI is InChI=1S/C14H25N3O/c1-6-11-10(5)12(15)17-13(16-11)14(7-2,8-3)18-9-4/h6-9H2,1-5H3,(H2,15,16,17). The Kier molecular flexibility index (Phi) is 5.08. The van der Waals surface area contributed by atoms with Crippen molar-refractivity contribution in [1.29, 1.82) is 0 Å². The molecule has 0 radical (unpaired) electrons. The number of nitrogens with two attached hydrogens (primary N) is 1. The van der Waals surface area contributed by atoms with Crippen molar-refractivity contribution in [3.05, 3.63) is 17.1 Å². The van der Waals surface area contributed by atoms with Gasteiger partial charge in [0, 0.05) is 17.9 Å². The van der Waals surface area contributed by atoms with Crippen molar-refractivity contribution in [2.75, 3.05) is 12.3 Å². The Bertz CT molecular complexity index is 400. The molecule has 0 saturated carbocycles. The van der Waals surface area contributed by atoms with Gasteiger partial charge in [0.15, 0.2) is 5.82 Å². The summed E-state index contributed by atoms with van der Waals surface area (Å²) in [5.74, 6) is 1.30. The average molecular weight is 251 g/mol. The van der Waals surface area contributed by atoms with Crippen molar-refractivity contribution in [2.45, 2.75) is 59.5 Å². The van der Waals surface area contributed by atoms with Gasteiger partial charge in [0.05, 0.1) is 0 Å². The van der Waals surface area contributed by atoms with Crippen molar-refractivity contribution < 1.29 is 4.74 Å². The highest BCUT2D eigenvalue weighted by Crippen LogP contribution is 2.32. The Morgan fingerprint density at radius 2 is 1.72 bits per heavy atom. The summed E-state index contributed by atoms with van der Waals surface area (Å²) in [5, 5.41) is 0. The molecule has 0 aliphatic heterocycles. The van der Waals surface area contributed by atoms with Crippen LogP contribution in [0.1, 0.15) is 57.6 Å². The first kappa shape index (κ1) is 14.9. The highest BCUT2D eigenvalue weighted by atomic mass is 16.5. The van der Waals surface area contributed by atoms with Crippen LogP contribution in [0, 0.1) is 6.92 Å². The zero-order chi connectivity index (χ0) is 13.8. The number of nitrogens with zero attached hydrogens (tertiary/aromatic N) is 2. The molecule has 1 aromatic heterocycles. The van der Waals surface area contributed by atoms with Crippen LogP contribution in [0.5, 0.6) is 0 Å². The van der Waals surface area contributed by atoms with Gasteiger partial charge in [-0.05, 0) is 33.1 Å². The fourth-order valence-electron chi connectivity index (χ4n) is 2.24. The quantitative estimate of drug-likeness (QED) is 0.844. The van der Waals surface area contributed by atoms with E-state index in [1.165, 1.54) is 0 Å². The molecule has 4 nitrogen and oxygen atoms in total. The first-order valence-corrected chi connectivity index (χ1v) is 6.81. The Balaban J connectivity index is 3.32. The lowest BCUT2D eigenvalue weighted by atomic mass is 9.95. The molecular weight excluding hydrogens is 226 g/mol. The maximum atomic E-state index is 5.99. The topological polar surface area (TPSA) is 61.0 Å². The van der Waals surface area contributed by atoms with Gasteiger partial charge in [-0.2, -0.15) is 0 Å². The molecule has 18 heavy (non-hydrogen) atoms. The molecule has 1 rings (SSSR count). The second-order valence-electron chi connectivity index (χ2n) is 4.49. The van der Waals surface area contributed by atoms with Crippen LogP contribution in [-0.2, 0) is 16.8 Å². The van der Waals surface area contributed by atoms with E-state index in [0.29, 0.717) is 12.4 Å². The van der Waals surface area contributed by atoms with E-state index in [0.717, 1.165) is 36.3 Å². The lowest BCUT2D eigenvalue weighted by Crippen LogP contribution is -2.32. The zero-order valence-corrected chi connectivity index (χ0v) is 12.2. The molecule has 0 fully saturated rings. The minimum atomic E-state index is -0.402. The van der Waals surface area contributed by atoms with E-state index in [2.05, 4.69) is 30.7 Å². The summed E-state index contributed by atoms with van der Waals surface area (Å²) < 4.78 is 5.93. The van der Waals surface area contributed by atoms with E-state index >= 15 is 0 Å². The Morgan fingerprint density at radius 1 is 1.11 bits per heavy atom. The number of hydrogen-bond acceptors (Lipinski definition) is 4. The second-order valence-corrected chi connectivity index (χ2v) is 4.49. The normalized spacial score (nSPS) is 11.8. The average Bonchev–Trinajstić information content (AvgIpc) is 2.39. The lowest BCUT2D eigenvalue weighted by molar-refractivity contribution is -0.0572. The summed E-state index contributed by atoms with van der Waals surface area (Å²) in [7, 11) is 0. The fourth-order valence-corrected chi connectivity index (χ4v) is 2.24. The van der Waals surface area contributed by atoms with Crippen LogP contribution in [-0.4, -0.2) is 16.6 Å². The minimum Gasteiger partial charge on any atom is -0.383 e. The molecule has 0 atom stereocenters. The van der Waals surface area contributed by atoms with Crippen molar-refractivity contribution >= 4 is 5.82 Å². The van der Waals surface area contributed by atoms with Crippen molar-refractivity contribution in [3.8, 4) is 0 Å². The molecule has 0 unspecified atom stereocenters. The smallest absolute Gasteiger partial charge is 0.162 e. The van der Waals surface area contributed by atoms with Crippen molar-refractivity contribution in [2.24, 2.45) is 0 Å². The van der Waals surface area contributed by atoms with Crippen LogP contribution in [0.2, 0.25) is 0 Å². The number of aryl methyl sites for hydroxylation is 1. The molecule has 4 heteroatoms. The molecular formula is C14H25N3O. The van der Waals surface area contributed by atoms with Crippen LogP contribution in [0.25, 0.3) is 0 Å². The second kappa shape index (κ2) is 6.14. The molecule has 0 spiro atoms. The van der Waals surface area contributed by atoms with Gasteiger partial charge in [-0.3, -0.25) is 0 Å². The molecule has 2 N–H and O–H groups in total. The van der Waals surface area contributed by atoms with Gasteiger partial charge >= 0.3 is 0 Å². The number of anilines is 1. The number of rotatable bonds is 6. The van der Waals surface area contributed by atoms with Gasteiger partial charge in [0.1, 0.15) is 11.4 Å². The highest BCUT2D eigenvalue weighted by Gasteiger charge is 2.33. The van der Waals surface area contributed by atoms with Crippen molar-refractivity contribution in [1.82, 2.24) is 9.97 Å². The largest absolute Gasteiger partial charge is 0.383 e. The Morgan fingerprint density at radius 3 is 2.17 bits per heavy atom. The van der Waals surface area contributed by atoms with E-state index in [9.17, 15) is 0 Å². The van der Waals surface area contributed by atoms with Gasteiger partial charge in [0.25, 0.3) is 0 Å². The van der Waals surface area contributed by atoms with Crippen LogP contribution in [0.3, 0.4) is 0 Å². The number of nitrogen functional groups attached to an aromatic ring is 1. The molecule has 0 aromatic carbocycles. The molecule has 0 aliphatic rings. The zero-order valence-electron chi connectivity index (χ0n) is 12.2. The summed E-state index contributed by atoms with van der Waals surface area (Å²) >= 11 is 0. The number of ether oxygens (including phenoxy) is 1. The van der Waals surface area contributed by atoms with Gasteiger partial charge in [0.2, 0.25) is 0 Å². The van der Waals surface area contributed by atoms with E-state index in [1.54, 1.807) is 0 Å². The predicted molar refractivity (Wildman–Crippen MR) is 74.4 cm³/mol. The van der Waals surface area contributed by atoms with Crippen LogP contribution in [0.4, 0.5) is 5.82 Å². The summed E-state index contributed by atoms with van der Waals surface area (Å²) in [6.07, 6.45) is 2.56. The number of hydrogen-bond donors (Lipinski definition) is 1. The maximum absolute atomic E-state index is 5.99. The molecule has 0 bridgehead atoms. The Labute approximate surface area is 110 Å². The third-order valence-corrected chi connectivity index (χ3v) is 3.59. The highest BCUT2D eigenvalue weighted by molar-refractivity contribution is 5.41. The molecule has 102 valence electrons. The van der Waals surface area contributed by atoms with E-state index in [-0.39, 0.29) is 0 Å². The monoisotopic (exact) mass is 251 g/mol. The van der Waals surface area contributed by atoms with E-state index in [4.69, 9.17) is 10.5 Å². The van der Waals surface area contributed by atoms with Gasteiger partial charge in [-0.1, -0.05) is 20.8 Å². The Hall–Kier alpha value is -1.16. The lowest BCUT2D eigenvalue weighted by Gasteiger charge is -2.30. The molecule has 1 heterocycles.